The highest BCUT2D eigenvalue weighted by Gasteiger charge is 2.24. The van der Waals surface area contributed by atoms with Crippen LogP contribution in [0, 0.1) is 10.1 Å². The molecule has 8 nitrogen and oxygen atoms in total. The molecule has 0 radical (unpaired) electrons. The molecule has 1 heterocycles. The second-order valence-electron chi connectivity index (χ2n) is 4.48. The minimum Gasteiger partial charge on any atom is -0.481 e. The van der Waals surface area contributed by atoms with Gasteiger partial charge in [0.2, 0.25) is 0 Å². The van der Waals surface area contributed by atoms with Gasteiger partial charge in [-0.15, -0.1) is 0 Å². The summed E-state index contributed by atoms with van der Waals surface area (Å²) in [4.78, 5) is 33.8. The third kappa shape index (κ3) is 4.08. The van der Waals surface area contributed by atoms with Crippen LogP contribution in [0.2, 0.25) is 0 Å². The van der Waals surface area contributed by atoms with E-state index in [1.165, 1.54) is 11.0 Å². The molecule has 1 aromatic rings. The number of hydrogen-bond acceptors (Lipinski definition) is 5. The van der Waals surface area contributed by atoms with E-state index in [4.69, 9.17) is 9.52 Å². The molecule has 0 saturated heterocycles. The average Bonchev–Trinajstić information content (AvgIpc) is 2.82. The van der Waals surface area contributed by atoms with Gasteiger partial charge in [-0.2, -0.15) is 0 Å². The molecule has 1 rings (SSSR count). The van der Waals surface area contributed by atoms with Crippen LogP contribution in [-0.4, -0.2) is 39.4 Å². The molecular formula is C12H16N2O6. The quantitative estimate of drug-likeness (QED) is 0.604. The van der Waals surface area contributed by atoms with Crippen molar-refractivity contribution in [2.45, 2.75) is 32.7 Å². The van der Waals surface area contributed by atoms with Gasteiger partial charge in [-0.1, -0.05) is 0 Å². The molecule has 0 fully saturated rings. The van der Waals surface area contributed by atoms with Crippen molar-refractivity contribution < 1.29 is 24.0 Å². The molecule has 0 spiro atoms. The van der Waals surface area contributed by atoms with E-state index in [1.54, 1.807) is 13.8 Å². The number of hydrogen-bond donors (Lipinski definition) is 1. The summed E-state index contributed by atoms with van der Waals surface area (Å²) in [5.74, 6) is -2.04. The SMILES string of the molecule is CC(C)N(CCCC(=O)O)C(=O)c1ccc([N+](=O)[O-])o1. The number of nitrogens with zero attached hydrogens (tertiary/aromatic N) is 2. The summed E-state index contributed by atoms with van der Waals surface area (Å²) in [6.07, 6.45) is 0.261. The summed E-state index contributed by atoms with van der Waals surface area (Å²) in [5, 5.41) is 19.1. The Morgan fingerprint density at radius 1 is 1.45 bits per heavy atom. The van der Waals surface area contributed by atoms with E-state index in [9.17, 15) is 19.7 Å². The summed E-state index contributed by atoms with van der Waals surface area (Å²) in [6, 6.07) is 2.19. The van der Waals surface area contributed by atoms with Gasteiger partial charge in [0.1, 0.15) is 4.92 Å². The monoisotopic (exact) mass is 284 g/mol. The lowest BCUT2D eigenvalue weighted by Gasteiger charge is -2.25. The fourth-order valence-electron chi connectivity index (χ4n) is 1.68. The van der Waals surface area contributed by atoms with Crippen LogP contribution in [0.15, 0.2) is 16.5 Å². The second-order valence-corrected chi connectivity index (χ2v) is 4.48. The molecule has 1 aromatic heterocycles. The zero-order chi connectivity index (χ0) is 15.3. The number of carbonyl (C=O) groups excluding carboxylic acids is 1. The standard InChI is InChI=1S/C12H16N2O6/c1-8(2)13(7-3-4-11(15)16)12(17)9-5-6-10(20-9)14(18)19/h5-6,8H,3-4,7H2,1-2H3,(H,15,16). The van der Waals surface area contributed by atoms with E-state index in [-0.39, 0.29) is 24.8 Å². The molecule has 8 heteroatoms. The molecule has 20 heavy (non-hydrogen) atoms. The number of carboxylic acid groups (broad SMARTS) is 1. The lowest BCUT2D eigenvalue weighted by atomic mass is 10.2. The highest BCUT2D eigenvalue weighted by molar-refractivity contribution is 5.92. The zero-order valence-electron chi connectivity index (χ0n) is 11.2. The van der Waals surface area contributed by atoms with Crippen molar-refractivity contribution in [2.75, 3.05) is 6.54 Å². The van der Waals surface area contributed by atoms with E-state index >= 15 is 0 Å². The van der Waals surface area contributed by atoms with Crippen molar-refractivity contribution in [3.8, 4) is 0 Å². The maximum Gasteiger partial charge on any atom is 0.433 e. The molecule has 0 aliphatic carbocycles. The van der Waals surface area contributed by atoms with Gasteiger partial charge in [-0.3, -0.25) is 19.7 Å². The maximum atomic E-state index is 12.2. The highest BCUT2D eigenvalue weighted by Crippen LogP contribution is 2.18. The Morgan fingerprint density at radius 3 is 2.55 bits per heavy atom. The largest absolute Gasteiger partial charge is 0.481 e. The average molecular weight is 284 g/mol. The van der Waals surface area contributed by atoms with Crippen LogP contribution in [0.25, 0.3) is 0 Å². The van der Waals surface area contributed by atoms with E-state index in [0.29, 0.717) is 6.42 Å². The van der Waals surface area contributed by atoms with Gasteiger partial charge in [-0.05, 0) is 26.3 Å². The summed E-state index contributed by atoms with van der Waals surface area (Å²) in [6.45, 7) is 3.79. The Kier molecular flexibility index (Phi) is 5.24. The number of aliphatic carboxylic acids is 1. The van der Waals surface area contributed by atoms with Gasteiger partial charge < -0.3 is 14.4 Å². The molecule has 0 aliphatic heterocycles. The van der Waals surface area contributed by atoms with Crippen LogP contribution in [-0.2, 0) is 4.79 Å². The number of carbonyl (C=O) groups is 2. The topological polar surface area (TPSA) is 114 Å². The Morgan fingerprint density at radius 2 is 2.10 bits per heavy atom. The maximum absolute atomic E-state index is 12.2. The minimum atomic E-state index is -0.935. The second kappa shape index (κ2) is 6.69. The first kappa shape index (κ1) is 15.7. The Bertz CT molecular complexity index is 508. The van der Waals surface area contributed by atoms with Crippen molar-refractivity contribution in [1.29, 1.82) is 0 Å². The van der Waals surface area contributed by atoms with E-state index < -0.39 is 22.7 Å². The minimum absolute atomic E-state index is 0.0468. The van der Waals surface area contributed by atoms with Gasteiger partial charge >= 0.3 is 11.9 Å². The van der Waals surface area contributed by atoms with Crippen molar-refractivity contribution in [3.63, 3.8) is 0 Å². The number of furan rings is 1. The first-order valence-corrected chi connectivity index (χ1v) is 6.10. The summed E-state index contributed by atoms with van der Waals surface area (Å²) >= 11 is 0. The van der Waals surface area contributed by atoms with E-state index in [1.807, 2.05) is 0 Å². The third-order valence-electron chi connectivity index (χ3n) is 2.66. The van der Waals surface area contributed by atoms with Gasteiger partial charge in [0.05, 0.1) is 6.07 Å². The van der Waals surface area contributed by atoms with Crippen LogP contribution < -0.4 is 0 Å². The number of nitro groups is 1. The van der Waals surface area contributed by atoms with Gasteiger partial charge in [0.25, 0.3) is 5.91 Å². The molecule has 110 valence electrons. The van der Waals surface area contributed by atoms with Gasteiger partial charge in [0, 0.05) is 19.0 Å². The Hall–Kier alpha value is -2.38. The van der Waals surface area contributed by atoms with Crippen molar-refractivity contribution in [2.24, 2.45) is 0 Å². The van der Waals surface area contributed by atoms with Crippen molar-refractivity contribution >= 4 is 17.8 Å². The Labute approximate surface area is 115 Å². The van der Waals surface area contributed by atoms with Crippen molar-refractivity contribution in [3.05, 3.63) is 28.0 Å². The van der Waals surface area contributed by atoms with Crippen LogP contribution >= 0.6 is 0 Å². The van der Waals surface area contributed by atoms with E-state index in [2.05, 4.69) is 0 Å². The molecule has 0 aromatic carbocycles. The first-order valence-electron chi connectivity index (χ1n) is 6.10. The smallest absolute Gasteiger partial charge is 0.433 e. The number of amides is 1. The van der Waals surface area contributed by atoms with Gasteiger partial charge in [0.15, 0.2) is 5.76 Å². The van der Waals surface area contributed by atoms with Crippen LogP contribution in [0.1, 0.15) is 37.2 Å². The third-order valence-corrected chi connectivity index (χ3v) is 2.66. The van der Waals surface area contributed by atoms with Crippen LogP contribution in [0.5, 0.6) is 0 Å². The fraction of sp³-hybridized carbons (Fsp3) is 0.500. The predicted octanol–water partition coefficient (Wildman–Crippen LogP) is 1.90. The lowest BCUT2D eigenvalue weighted by molar-refractivity contribution is -0.402. The van der Waals surface area contributed by atoms with Crippen LogP contribution in [0.4, 0.5) is 5.88 Å². The molecule has 1 N–H and O–H groups in total. The fourth-order valence-corrected chi connectivity index (χ4v) is 1.68. The Balaban J connectivity index is 2.77. The van der Waals surface area contributed by atoms with Crippen molar-refractivity contribution in [1.82, 2.24) is 4.90 Å². The molecule has 1 amide bonds. The molecule has 0 unspecified atom stereocenters. The van der Waals surface area contributed by atoms with Gasteiger partial charge in [-0.25, -0.2) is 0 Å². The van der Waals surface area contributed by atoms with E-state index in [0.717, 1.165) is 6.07 Å². The van der Waals surface area contributed by atoms with Crippen LogP contribution in [0.3, 0.4) is 0 Å². The summed E-state index contributed by atoms with van der Waals surface area (Å²) < 4.78 is 4.86. The number of rotatable bonds is 7. The molecular weight excluding hydrogens is 268 g/mol. The molecule has 0 saturated carbocycles. The molecule has 0 bridgehead atoms. The lowest BCUT2D eigenvalue weighted by Crippen LogP contribution is -2.37. The molecule has 0 aliphatic rings. The summed E-state index contributed by atoms with van der Waals surface area (Å²) in [5.41, 5.74) is 0. The number of carboxylic acids is 1. The summed E-state index contributed by atoms with van der Waals surface area (Å²) in [7, 11) is 0. The predicted molar refractivity (Wildman–Crippen MR) is 68.4 cm³/mol. The normalized spacial score (nSPS) is 10.6. The molecule has 0 atom stereocenters. The highest BCUT2D eigenvalue weighted by atomic mass is 16.6. The zero-order valence-corrected chi connectivity index (χ0v) is 11.2. The first-order chi connectivity index (χ1) is 9.32.